The van der Waals surface area contributed by atoms with Crippen molar-refractivity contribution >= 4 is 32.3 Å². The molecular formula is C37H27N. The zero-order chi connectivity index (χ0) is 25.6. The van der Waals surface area contributed by atoms with Crippen LogP contribution in [0.5, 0.6) is 0 Å². The van der Waals surface area contributed by atoms with Gasteiger partial charge in [0.15, 0.2) is 0 Å². The van der Waals surface area contributed by atoms with Gasteiger partial charge in [-0.25, -0.2) is 0 Å². The number of fused-ring (bicyclic) bond motifs is 3. The molecule has 0 aliphatic carbocycles. The Kier molecular flexibility index (Phi) is 5.30. The summed E-state index contributed by atoms with van der Waals surface area (Å²) in [7, 11) is 0. The highest BCUT2D eigenvalue weighted by Crippen LogP contribution is 2.45. The zero-order valence-corrected chi connectivity index (χ0v) is 21.6. The lowest BCUT2D eigenvalue weighted by molar-refractivity contribution is 1.29. The molecular weight excluding hydrogens is 458 g/mol. The second-order valence-corrected chi connectivity index (χ2v) is 10.1. The van der Waals surface area contributed by atoms with Gasteiger partial charge in [0.2, 0.25) is 0 Å². The Hall–Kier alpha value is -4.75. The van der Waals surface area contributed by atoms with E-state index in [1.165, 1.54) is 65.7 Å². The first-order valence-corrected chi connectivity index (χ1v) is 13.1. The summed E-state index contributed by atoms with van der Waals surface area (Å²) >= 11 is 0. The highest BCUT2D eigenvalue weighted by Gasteiger charge is 2.18. The van der Waals surface area contributed by atoms with Gasteiger partial charge in [0.05, 0.1) is 5.69 Å². The first-order chi connectivity index (χ1) is 18.7. The summed E-state index contributed by atoms with van der Waals surface area (Å²) in [4.78, 5) is 4.66. The summed E-state index contributed by atoms with van der Waals surface area (Å²) in [5, 5.41) is 7.67. The summed E-state index contributed by atoms with van der Waals surface area (Å²) in [6, 6.07) is 44.1. The van der Waals surface area contributed by atoms with E-state index < -0.39 is 0 Å². The SMILES string of the molecule is Cc1ccnc(-c2cccc(-c3c4ccccc4c(-c4ccc(C)c5ccccc45)c4ccccc34)c2)c1. The van der Waals surface area contributed by atoms with E-state index in [4.69, 9.17) is 0 Å². The lowest BCUT2D eigenvalue weighted by Crippen LogP contribution is -1.92. The predicted octanol–water partition coefficient (Wildman–Crippen LogP) is 10.2. The minimum absolute atomic E-state index is 1.00. The molecule has 0 N–H and O–H groups in total. The summed E-state index contributed by atoms with van der Waals surface area (Å²) in [5.74, 6) is 0. The first-order valence-electron chi connectivity index (χ1n) is 13.1. The maximum absolute atomic E-state index is 4.66. The van der Waals surface area contributed by atoms with Gasteiger partial charge in [0.25, 0.3) is 0 Å². The Bertz CT molecular complexity index is 1940. The number of rotatable bonds is 3. The van der Waals surface area contributed by atoms with Crippen molar-refractivity contribution < 1.29 is 0 Å². The maximum Gasteiger partial charge on any atom is 0.0704 e. The fourth-order valence-corrected chi connectivity index (χ4v) is 5.93. The molecule has 0 aliphatic heterocycles. The Labute approximate surface area is 223 Å². The van der Waals surface area contributed by atoms with E-state index in [2.05, 4.69) is 134 Å². The van der Waals surface area contributed by atoms with Crippen molar-refractivity contribution in [3.05, 3.63) is 139 Å². The van der Waals surface area contributed by atoms with Crippen molar-refractivity contribution in [2.75, 3.05) is 0 Å². The molecule has 0 spiro atoms. The first kappa shape index (κ1) is 22.4. The molecule has 7 rings (SSSR count). The molecule has 0 unspecified atom stereocenters. The average molecular weight is 486 g/mol. The van der Waals surface area contributed by atoms with Crippen LogP contribution in [0.2, 0.25) is 0 Å². The molecule has 1 aromatic heterocycles. The largest absolute Gasteiger partial charge is 0.256 e. The third-order valence-corrected chi connectivity index (χ3v) is 7.71. The number of pyridine rings is 1. The van der Waals surface area contributed by atoms with Gasteiger partial charge < -0.3 is 0 Å². The zero-order valence-electron chi connectivity index (χ0n) is 21.6. The third kappa shape index (κ3) is 3.59. The van der Waals surface area contributed by atoms with E-state index in [1.54, 1.807) is 0 Å². The van der Waals surface area contributed by atoms with Crippen molar-refractivity contribution in [2.45, 2.75) is 13.8 Å². The standard InChI is InChI=1S/C37H27N/c1-24-20-21-38-35(22-24)26-10-9-11-27(23-26)36-30-14-5-7-16-32(30)37(33-17-8-6-15-31(33)36)34-19-18-25(2)28-12-3-4-13-29(28)34/h3-23H,1-2H3. The Morgan fingerprint density at radius 3 is 1.68 bits per heavy atom. The van der Waals surface area contributed by atoms with Crippen LogP contribution in [-0.4, -0.2) is 4.98 Å². The van der Waals surface area contributed by atoms with Crippen LogP contribution >= 0.6 is 0 Å². The number of hydrogen-bond donors (Lipinski definition) is 0. The normalized spacial score (nSPS) is 11.4. The number of nitrogens with zero attached hydrogens (tertiary/aromatic N) is 1. The van der Waals surface area contributed by atoms with Gasteiger partial charge in [-0.15, -0.1) is 0 Å². The van der Waals surface area contributed by atoms with Gasteiger partial charge in [-0.05, 0) is 97.7 Å². The van der Waals surface area contributed by atoms with Crippen LogP contribution in [-0.2, 0) is 0 Å². The molecule has 0 saturated carbocycles. The van der Waals surface area contributed by atoms with Gasteiger partial charge in [-0.2, -0.15) is 0 Å². The molecule has 0 radical (unpaired) electrons. The molecule has 0 aliphatic rings. The molecule has 1 heteroatoms. The van der Waals surface area contributed by atoms with E-state index in [1.807, 2.05) is 12.3 Å². The van der Waals surface area contributed by atoms with Crippen molar-refractivity contribution in [1.29, 1.82) is 0 Å². The number of aromatic nitrogens is 1. The Morgan fingerprint density at radius 2 is 1.03 bits per heavy atom. The second kappa shape index (κ2) is 8.97. The number of benzene rings is 6. The molecule has 0 atom stereocenters. The quantitative estimate of drug-likeness (QED) is 0.227. The number of aryl methyl sites for hydroxylation is 2. The molecule has 180 valence electrons. The Morgan fingerprint density at radius 1 is 0.447 bits per heavy atom. The lowest BCUT2D eigenvalue weighted by atomic mass is 9.84. The summed E-state index contributed by atoms with van der Waals surface area (Å²) in [6.07, 6.45) is 1.89. The van der Waals surface area contributed by atoms with Crippen molar-refractivity contribution in [2.24, 2.45) is 0 Å². The van der Waals surface area contributed by atoms with E-state index >= 15 is 0 Å². The van der Waals surface area contributed by atoms with Crippen LogP contribution in [0, 0.1) is 13.8 Å². The van der Waals surface area contributed by atoms with Crippen LogP contribution in [0.3, 0.4) is 0 Å². The van der Waals surface area contributed by atoms with Crippen molar-refractivity contribution in [3.63, 3.8) is 0 Å². The number of hydrogen-bond acceptors (Lipinski definition) is 1. The molecule has 0 bridgehead atoms. The van der Waals surface area contributed by atoms with Crippen LogP contribution in [0.25, 0.3) is 65.8 Å². The van der Waals surface area contributed by atoms with Crippen LogP contribution in [0.15, 0.2) is 128 Å². The van der Waals surface area contributed by atoms with E-state index in [0.29, 0.717) is 0 Å². The van der Waals surface area contributed by atoms with Gasteiger partial charge in [0, 0.05) is 11.8 Å². The van der Waals surface area contributed by atoms with Crippen LogP contribution < -0.4 is 0 Å². The van der Waals surface area contributed by atoms with Gasteiger partial charge in [-0.3, -0.25) is 4.98 Å². The molecule has 0 saturated heterocycles. The lowest BCUT2D eigenvalue weighted by Gasteiger charge is -2.19. The maximum atomic E-state index is 4.66. The van der Waals surface area contributed by atoms with Crippen molar-refractivity contribution in [1.82, 2.24) is 4.98 Å². The second-order valence-electron chi connectivity index (χ2n) is 10.1. The van der Waals surface area contributed by atoms with Crippen molar-refractivity contribution in [3.8, 4) is 33.5 Å². The van der Waals surface area contributed by atoms with E-state index in [0.717, 1.165) is 11.3 Å². The highest BCUT2D eigenvalue weighted by molar-refractivity contribution is 6.23. The van der Waals surface area contributed by atoms with Crippen LogP contribution in [0.1, 0.15) is 11.1 Å². The third-order valence-electron chi connectivity index (χ3n) is 7.71. The molecule has 1 heterocycles. The molecule has 38 heavy (non-hydrogen) atoms. The van der Waals surface area contributed by atoms with Crippen LogP contribution in [0.4, 0.5) is 0 Å². The van der Waals surface area contributed by atoms with Gasteiger partial charge >= 0.3 is 0 Å². The fourth-order valence-electron chi connectivity index (χ4n) is 5.93. The van der Waals surface area contributed by atoms with Gasteiger partial charge in [-0.1, -0.05) is 103 Å². The molecule has 0 amide bonds. The highest BCUT2D eigenvalue weighted by atomic mass is 14.7. The summed E-state index contributed by atoms with van der Waals surface area (Å²) in [5.41, 5.74) is 9.71. The topological polar surface area (TPSA) is 12.9 Å². The summed E-state index contributed by atoms with van der Waals surface area (Å²) < 4.78 is 0. The molecule has 6 aromatic carbocycles. The molecule has 0 fully saturated rings. The minimum Gasteiger partial charge on any atom is -0.256 e. The van der Waals surface area contributed by atoms with E-state index in [-0.39, 0.29) is 0 Å². The average Bonchev–Trinajstić information content (AvgIpc) is 2.97. The fraction of sp³-hybridized carbons (Fsp3) is 0.0541. The smallest absolute Gasteiger partial charge is 0.0704 e. The Balaban J connectivity index is 1.58. The molecule has 7 aromatic rings. The van der Waals surface area contributed by atoms with Gasteiger partial charge in [0.1, 0.15) is 0 Å². The summed E-state index contributed by atoms with van der Waals surface area (Å²) in [6.45, 7) is 4.31. The minimum atomic E-state index is 1.00. The predicted molar refractivity (Wildman–Crippen MR) is 163 cm³/mol. The van der Waals surface area contributed by atoms with E-state index in [9.17, 15) is 0 Å². The molecule has 1 nitrogen and oxygen atoms in total. The monoisotopic (exact) mass is 485 g/mol.